The Bertz CT molecular complexity index is 1270. The molecule has 3 rings (SSSR count). The molecule has 0 aliphatic rings. The molecule has 224 valence electrons. The summed E-state index contributed by atoms with van der Waals surface area (Å²) in [4.78, 5) is 34.1. The van der Waals surface area contributed by atoms with Crippen LogP contribution >= 0.6 is 0 Å². The van der Waals surface area contributed by atoms with E-state index in [2.05, 4.69) is 20.8 Å². The lowest BCUT2D eigenvalue weighted by molar-refractivity contribution is -0.133. The molecule has 0 spiro atoms. The molecule has 1 heterocycles. The van der Waals surface area contributed by atoms with Gasteiger partial charge in [-0.05, 0) is 62.1 Å². The maximum Gasteiger partial charge on any atom is 0.266 e. The minimum atomic E-state index is -0.420. The fourth-order valence-corrected chi connectivity index (χ4v) is 5.42. The third kappa shape index (κ3) is 9.79. The molecule has 0 radical (unpaired) electrons. The number of hydrogen-bond donors (Lipinski definition) is 0. The SMILES string of the molecule is CCCCCCCCCCCCCC(=O)N(CCC(C)C)C(C)c1nc2ccccc2c(=O)n1-c1ccc(F)cc1. The van der Waals surface area contributed by atoms with Crippen molar-refractivity contribution in [2.24, 2.45) is 5.92 Å². The van der Waals surface area contributed by atoms with Gasteiger partial charge in [0.2, 0.25) is 5.91 Å². The molecule has 5 nitrogen and oxygen atoms in total. The lowest BCUT2D eigenvalue weighted by Gasteiger charge is -2.31. The van der Waals surface area contributed by atoms with Crippen molar-refractivity contribution < 1.29 is 9.18 Å². The van der Waals surface area contributed by atoms with Gasteiger partial charge in [0.1, 0.15) is 11.6 Å². The van der Waals surface area contributed by atoms with Crippen LogP contribution in [-0.2, 0) is 4.79 Å². The maximum atomic E-state index is 13.8. The third-order valence-electron chi connectivity index (χ3n) is 7.99. The number of nitrogens with zero attached hydrogens (tertiary/aromatic N) is 3. The first kappa shape index (κ1) is 32.5. The van der Waals surface area contributed by atoms with Crippen LogP contribution in [0.25, 0.3) is 16.6 Å². The summed E-state index contributed by atoms with van der Waals surface area (Å²) in [6, 6.07) is 12.7. The van der Waals surface area contributed by atoms with Gasteiger partial charge in [0.05, 0.1) is 22.6 Å². The first-order valence-corrected chi connectivity index (χ1v) is 15.9. The molecule has 0 N–H and O–H groups in total. The van der Waals surface area contributed by atoms with Crippen LogP contribution in [0.3, 0.4) is 0 Å². The average Bonchev–Trinajstić information content (AvgIpc) is 2.96. The van der Waals surface area contributed by atoms with Crippen molar-refractivity contribution in [3.05, 3.63) is 70.5 Å². The zero-order valence-corrected chi connectivity index (χ0v) is 25.7. The number of para-hydroxylation sites is 1. The van der Waals surface area contributed by atoms with Crippen LogP contribution in [0.1, 0.15) is 123 Å². The van der Waals surface area contributed by atoms with Gasteiger partial charge in [-0.3, -0.25) is 14.2 Å². The second kappa shape index (κ2) is 17.1. The van der Waals surface area contributed by atoms with Crippen LogP contribution in [-0.4, -0.2) is 26.9 Å². The Morgan fingerprint density at radius 1 is 0.854 bits per heavy atom. The van der Waals surface area contributed by atoms with E-state index in [1.54, 1.807) is 22.8 Å². The summed E-state index contributed by atoms with van der Waals surface area (Å²) in [6.07, 6.45) is 15.0. The summed E-state index contributed by atoms with van der Waals surface area (Å²) in [5.41, 5.74) is 0.920. The minimum absolute atomic E-state index is 0.0992. The molecule has 0 fully saturated rings. The first-order chi connectivity index (χ1) is 19.8. The highest BCUT2D eigenvalue weighted by Gasteiger charge is 2.26. The number of carbonyl (C=O) groups excluding carboxylic acids is 1. The Hall–Kier alpha value is -3.02. The third-order valence-corrected chi connectivity index (χ3v) is 7.99. The standard InChI is InChI=1S/C35H50FN3O2/c1-5-6-7-8-9-10-11-12-13-14-15-20-33(40)38(26-25-27(2)3)28(4)34-37-32-19-17-16-18-31(32)35(41)39(34)30-23-21-29(36)22-24-30/h16-19,21-24,27-28H,5-15,20,25-26H2,1-4H3. The molecule has 1 amide bonds. The molecule has 1 unspecified atom stereocenters. The number of amides is 1. The summed E-state index contributed by atoms with van der Waals surface area (Å²) < 4.78 is 15.3. The highest BCUT2D eigenvalue weighted by molar-refractivity contribution is 5.79. The predicted molar refractivity (Wildman–Crippen MR) is 168 cm³/mol. The van der Waals surface area contributed by atoms with Crippen molar-refractivity contribution in [1.82, 2.24) is 14.5 Å². The summed E-state index contributed by atoms with van der Waals surface area (Å²) >= 11 is 0. The van der Waals surface area contributed by atoms with Crippen molar-refractivity contribution in [1.29, 1.82) is 0 Å². The van der Waals surface area contributed by atoms with Gasteiger partial charge in [-0.25, -0.2) is 9.37 Å². The molecule has 1 aromatic heterocycles. The molecule has 0 aliphatic carbocycles. The average molecular weight is 564 g/mol. The summed E-state index contributed by atoms with van der Waals surface area (Å²) in [5, 5.41) is 0.494. The Morgan fingerprint density at radius 3 is 2.05 bits per heavy atom. The molecule has 41 heavy (non-hydrogen) atoms. The first-order valence-electron chi connectivity index (χ1n) is 15.9. The van der Waals surface area contributed by atoms with E-state index in [0.29, 0.717) is 41.3 Å². The number of carbonyl (C=O) groups is 1. The van der Waals surface area contributed by atoms with Crippen LogP contribution in [0, 0.1) is 11.7 Å². The Labute approximate surface area is 246 Å². The highest BCUT2D eigenvalue weighted by Crippen LogP contribution is 2.25. The van der Waals surface area contributed by atoms with Crippen LogP contribution < -0.4 is 5.56 Å². The number of aromatic nitrogens is 2. The molecule has 0 aliphatic heterocycles. The van der Waals surface area contributed by atoms with Crippen molar-refractivity contribution >= 4 is 16.8 Å². The van der Waals surface area contributed by atoms with Gasteiger partial charge in [-0.2, -0.15) is 0 Å². The predicted octanol–water partition coefficient (Wildman–Crippen LogP) is 9.16. The van der Waals surface area contributed by atoms with Crippen molar-refractivity contribution in [3.8, 4) is 5.69 Å². The van der Waals surface area contributed by atoms with Gasteiger partial charge in [0.25, 0.3) is 5.56 Å². The Kier molecular flexibility index (Phi) is 13.5. The van der Waals surface area contributed by atoms with Gasteiger partial charge >= 0.3 is 0 Å². The summed E-state index contributed by atoms with van der Waals surface area (Å²) in [5.74, 6) is 0.660. The summed E-state index contributed by atoms with van der Waals surface area (Å²) in [6.45, 7) is 9.11. The lowest BCUT2D eigenvalue weighted by Crippen LogP contribution is -2.38. The fourth-order valence-electron chi connectivity index (χ4n) is 5.42. The van der Waals surface area contributed by atoms with E-state index in [-0.39, 0.29) is 17.3 Å². The summed E-state index contributed by atoms with van der Waals surface area (Å²) in [7, 11) is 0. The number of rotatable bonds is 18. The van der Waals surface area contributed by atoms with Crippen LogP contribution in [0.2, 0.25) is 0 Å². The molecule has 1 atom stereocenters. The molecular formula is C35H50FN3O2. The van der Waals surface area contributed by atoms with Crippen molar-refractivity contribution in [2.45, 2.75) is 117 Å². The largest absolute Gasteiger partial charge is 0.333 e. The van der Waals surface area contributed by atoms with Gasteiger partial charge in [-0.15, -0.1) is 0 Å². The van der Waals surface area contributed by atoms with E-state index in [9.17, 15) is 14.0 Å². The molecule has 3 aromatic rings. The van der Waals surface area contributed by atoms with Crippen LogP contribution in [0.5, 0.6) is 0 Å². The number of benzene rings is 2. The zero-order valence-electron chi connectivity index (χ0n) is 25.7. The van der Waals surface area contributed by atoms with Crippen molar-refractivity contribution in [2.75, 3.05) is 6.54 Å². The highest BCUT2D eigenvalue weighted by atomic mass is 19.1. The Balaban J connectivity index is 1.73. The molecule has 0 saturated carbocycles. The van der Waals surface area contributed by atoms with Gasteiger partial charge in [0.15, 0.2) is 0 Å². The molecular weight excluding hydrogens is 513 g/mol. The minimum Gasteiger partial charge on any atom is -0.333 e. The molecule has 6 heteroatoms. The van der Waals surface area contributed by atoms with Crippen LogP contribution in [0.4, 0.5) is 4.39 Å². The second-order valence-corrected chi connectivity index (χ2v) is 11.8. The quantitative estimate of drug-likeness (QED) is 0.145. The Morgan fingerprint density at radius 2 is 1.44 bits per heavy atom. The zero-order chi connectivity index (χ0) is 29.6. The topological polar surface area (TPSA) is 55.2 Å². The van der Waals surface area contributed by atoms with E-state index in [1.165, 1.54) is 69.9 Å². The normalized spacial score (nSPS) is 12.2. The van der Waals surface area contributed by atoms with Crippen molar-refractivity contribution in [3.63, 3.8) is 0 Å². The fraction of sp³-hybridized carbons (Fsp3) is 0.571. The number of unbranched alkanes of at least 4 members (excludes halogenated alkanes) is 10. The smallest absolute Gasteiger partial charge is 0.266 e. The van der Waals surface area contributed by atoms with Crippen LogP contribution in [0.15, 0.2) is 53.3 Å². The monoisotopic (exact) mass is 563 g/mol. The van der Waals surface area contributed by atoms with E-state index < -0.39 is 6.04 Å². The van der Waals surface area contributed by atoms with E-state index in [0.717, 1.165) is 19.3 Å². The lowest BCUT2D eigenvalue weighted by atomic mass is 10.0. The molecule has 0 saturated heterocycles. The molecule has 2 aromatic carbocycles. The van der Waals surface area contributed by atoms with Gasteiger partial charge < -0.3 is 4.90 Å². The number of fused-ring (bicyclic) bond motifs is 1. The second-order valence-electron chi connectivity index (χ2n) is 11.8. The van der Waals surface area contributed by atoms with E-state index >= 15 is 0 Å². The van der Waals surface area contributed by atoms with Gasteiger partial charge in [0, 0.05) is 13.0 Å². The van der Waals surface area contributed by atoms with E-state index in [1.807, 2.05) is 30.0 Å². The number of halogens is 1. The van der Waals surface area contributed by atoms with E-state index in [4.69, 9.17) is 4.98 Å². The maximum absolute atomic E-state index is 13.8. The molecule has 0 bridgehead atoms. The number of hydrogen-bond acceptors (Lipinski definition) is 3. The van der Waals surface area contributed by atoms with Gasteiger partial charge in [-0.1, -0.05) is 97.1 Å².